The second-order valence-electron chi connectivity index (χ2n) is 5.44. The van der Waals surface area contributed by atoms with Gasteiger partial charge in [0.15, 0.2) is 5.96 Å². The first-order chi connectivity index (χ1) is 11.7. The highest BCUT2D eigenvalue weighted by Gasteiger charge is 2.02. The fourth-order valence-corrected chi connectivity index (χ4v) is 2.88. The van der Waals surface area contributed by atoms with Crippen molar-refractivity contribution >= 4 is 41.3 Å². The van der Waals surface area contributed by atoms with Crippen LogP contribution in [0.5, 0.6) is 5.75 Å². The molecule has 2 rings (SSSR count). The van der Waals surface area contributed by atoms with Crippen molar-refractivity contribution in [2.75, 3.05) is 20.2 Å². The summed E-state index contributed by atoms with van der Waals surface area (Å²) in [5, 5.41) is 7.66. The Morgan fingerprint density at radius 3 is 2.64 bits per heavy atom. The van der Waals surface area contributed by atoms with Crippen LogP contribution in [-0.4, -0.2) is 31.1 Å². The summed E-state index contributed by atoms with van der Waals surface area (Å²) in [5.74, 6) is 1.71. The summed E-state index contributed by atoms with van der Waals surface area (Å²) >= 11 is 1.74. The Morgan fingerprint density at radius 1 is 1.24 bits per heavy atom. The minimum absolute atomic E-state index is 0. The number of ether oxygens (including phenoxy) is 1. The summed E-state index contributed by atoms with van der Waals surface area (Å²) < 4.78 is 5.71. The zero-order valence-electron chi connectivity index (χ0n) is 15.0. The lowest BCUT2D eigenvalue weighted by molar-refractivity contribution is 0.311. The maximum atomic E-state index is 5.71. The molecule has 0 saturated heterocycles. The summed E-state index contributed by atoms with van der Waals surface area (Å²) in [6.07, 6.45) is 3.89. The molecule has 5 nitrogen and oxygen atoms in total. The first-order valence-electron chi connectivity index (χ1n) is 8.29. The molecule has 0 saturated carbocycles. The van der Waals surface area contributed by atoms with Gasteiger partial charge in [0.1, 0.15) is 10.8 Å². The molecule has 1 aromatic carbocycles. The van der Waals surface area contributed by atoms with Crippen molar-refractivity contribution in [3.63, 3.8) is 0 Å². The van der Waals surface area contributed by atoms with Crippen LogP contribution in [0.4, 0.5) is 0 Å². The number of nitrogens with one attached hydrogen (secondary N) is 2. The maximum absolute atomic E-state index is 5.71. The van der Waals surface area contributed by atoms with Crippen molar-refractivity contribution in [2.45, 2.75) is 33.2 Å². The number of benzene rings is 1. The first-order valence-corrected chi connectivity index (χ1v) is 9.10. The summed E-state index contributed by atoms with van der Waals surface area (Å²) in [4.78, 5) is 9.93. The van der Waals surface area contributed by atoms with Gasteiger partial charge in [0.25, 0.3) is 0 Å². The molecule has 0 amide bonds. The molecule has 0 atom stereocenters. The van der Waals surface area contributed by atoms with Crippen molar-refractivity contribution in [3.8, 4) is 5.75 Å². The number of hydrogen-bond acceptors (Lipinski definition) is 4. The zero-order chi connectivity index (χ0) is 17.2. The van der Waals surface area contributed by atoms with Crippen LogP contribution in [0.1, 0.15) is 28.8 Å². The van der Waals surface area contributed by atoms with Crippen molar-refractivity contribution < 1.29 is 4.74 Å². The molecule has 0 aliphatic carbocycles. The number of aryl methyl sites for hydroxylation is 2. The normalized spacial score (nSPS) is 10.9. The Bertz CT molecular complexity index is 643. The van der Waals surface area contributed by atoms with Gasteiger partial charge < -0.3 is 15.4 Å². The van der Waals surface area contributed by atoms with Gasteiger partial charge in [-0.05, 0) is 31.9 Å². The second-order valence-corrected chi connectivity index (χ2v) is 6.64. The standard InChI is InChI=1S/C18H26N4OS.HI/c1-4-16-12-21-17(24-16)13-22-18(19-3)20-10-5-11-23-15-8-6-14(2)7-9-15;/h6-9,12H,4-5,10-11,13H2,1-3H3,(H2,19,20,22);1H. The third-order valence-corrected chi connectivity index (χ3v) is 4.63. The number of aliphatic imine (C=N–C) groups is 1. The molecule has 0 unspecified atom stereocenters. The molecule has 0 fully saturated rings. The van der Waals surface area contributed by atoms with Crippen LogP contribution in [-0.2, 0) is 13.0 Å². The Labute approximate surface area is 171 Å². The van der Waals surface area contributed by atoms with Crippen LogP contribution in [0.25, 0.3) is 0 Å². The molecule has 7 heteroatoms. The number of thiazole rings is 1. The Kier molecular flexibility index (Phi) is 10.5. The lowest BCUT2D eigenvalue weighted by Crippen LogP contribution is -2.37. The maximum Gasteiger partial charge on any atom is 0.191 e. The number of rotatable bonds is 8. The van der Waals surface area contributed by atoms with E-state index in [-0.39, 0.29) is 24.0 Å². The van der Waals surface area contributed by atoms with E-state index < -0.39 is 0 Å². The van der Waals surface area contributed by atoms with Crippen molar-refractivity contribution in [1.29, 1.82) is 0 Å². The predicted molar refractivity (Wildman–Crippen MR) is 116 cm³/mol. The van der Waals surface area contributed by atoms with Crippen LogP contribution in [0.3, 0.4) is 0 Å². The van der Waals surface area contributed by atoms with Gasteiger partial charge in [-0.2, -0.15) is 0 Å². The van der Waals surface area contributed by atoms with Gasteiger partial charge in [-0.1, -0.05) is 24.6 Å². The molecule has 1 aromatic heterocycles. The van der Waals surface area contributed by atoms with Gasteiger partial charge in [-0.15, -0.1) is 35.3 Å². The molecular weight excluding hydrogens is 447 g/mol. The third-order valence-electron chi connectivity index (χ3n) is 3.48. The molecule has 1 heterocycles. The van der Waals surface area contributed by atoms with Crippen LogP contribution in [0, 0.1) is 6.92 Å². The number of halogens is 1. The van der Waals surface area contributed by atoms with Gasteiger partial charge in [0.2, 0.25) is 0 Å². The fraction of sp³-hybridized carbons (Fsp3) is 0.444. The van der Waals surface area contributed by atoms with E-state index in [2.05, 4.69) is 46.6 Å². The zero-order valence-corrected chi connectivity index (χ0v) is 18.2. The molecular formula is C18H27IN4OS. The largest absolute Gasteiger partial charge is 0.494 e. The molecule has 2 N–H and O–H groups in total. The molecule has 25 heavy (non-hydrogen) atoms. The number of nitrogens with zero attached hydrogens (tertiary/aromatic N) is 2. The van der Waals surface area contributed by atoms with Crippen LogP contribution < -0.4 is 15.4 Å². The summed E-state index contributed by atoms with van der Waals surface area (Å²) in [6, 6.07) is 8.12. The molecule has 0 bridgehead atoms. The highest BCUT2D eigenvalue weighted by atomic mass is 127. The lowest BCUT2D eigenvalue weighted by atomic mass is 10.2. The van der Waals surface area contributed by atoms with E-state index in [1.165, 1.54) is 10.4 Å². The van der Waals surface area contributed by atoms with Gasteiger partial charge >= 0.3 is 0 Å². The van der Waals surface area contributed by atoms with Gasteiger partial charge in [0.05, 0.1) is 13.2 Å². The van der Waals surface area contributed by atoms with Crippen LogP contribution in [0.15, 0.2) is 35.5 Å². The second kappa shape index (κ2) is 12.1. The third kappa shape index (κ3) is 8.04. The lowest BCUT2D eigenvalue weighted by Gasteiger charge is -2.11. The topological polar surface area (TPSA) is 58.5 Å². The first kappa shape index (κ1) is 21.7. The SMILES string of the molecule is CCc1cnc(CNC(=NC)NCCCOc2ccc(C)cc2)s1.I. The molecule has 2 aromatic rings. The van der Waals surface area contributed by atoms with E-state index in [1.54, 1.807) is 18.4 Å². The minimum atomic E-state index is 0. The van der Waals surface area contributed by atoms with Gasteiger partial charge in [0, 0.05) is 24.7 Å². The van der Waals surface area contributed by atoms with E-state index in [0.717, 1.165) is 36.1 Å². The Hall–Kier alpha value is -1.35. The smallest absolute Gasteiger partial charge is 0.191 e. The highest BCUT2D eigenvalue weighted by molar-refractivity contribution is 14.0. The van der Waals surface area contributed by atoms with Gasteiger partial charge in [-0.3, -0.25) is 4.99 Å². The number of aromatic nitrogens is 1. The van der Waals surface area contributed by atoms with E-state index in [9.17, 15) is 0 Å². The Morgan fingerprint density at radius 2 is 2.00 bits per heavy atom. The number of guanidine groups is 1. The van der Waals surface area contributed by atoms with Crippen LogP contribution >= 0.6 is 35.3 Å². The Balaban J connectivity index is 0.00000312. The fourth-order valence-electron chi connectivity index (χ4n) is 2.08. The summed E-state index contributed by atoms with van der Waals surface area (Å²) in [7, 11) is 1.78. The van der Waals surface area contributed by atoms with E-state index in [0.29, 0.717) is 13.2 Å². The summed E-state index contributed by atoms with van der Waals surface area (Å²) in [6.45, 7) is 6.40. The van der Waals surface area contributed by atoms with Crippen molar-refractivity contribution in [2.24, 2.45) is 4.99 Å². The molecule has 138 valence electrons. The molecule has 0 radical (unpaired) electrons. The molecule has 0 aliphatic rings. The average Bonchev–Trinajstić information content (AvgIpc) is 3.07. The number of hydrogen-bond donors (Lipinski definition) is 2. The highest BCUT2D eigenvalue weighted by Crippen LogP contribution is 2.13. The van der Waals surface area contributed by atoms with Crippen molar-refractivity contribution in [1.82, 2.24) is 15.6 Å². The average molecular weight is 474 g/mol. The minimum Gasteiger partial charge on any atom is -0.494 e. The monoisotopic (exact) mass is 474 g/mol. The van der Waals surface area contributed by atoms with E-state index >= 15 is 0 Å². The van der Waals surface area contributed by atoms with Crippen molar-refractivity contribution in [3.05, 3.63) is 45.9 Å². The molecule has 0 spiro atoms. The predicted octanol–water partition coefficient (Wildman–Crippen LogP) is 3.77. The van der Waals surface area contributed by atoms with Crippen LogP contribution in [0.2, 0.25) is 0 Å². The quantitative estimate of drug-likeness (QED) is 0.265. The molecule has 0 aliphatic heterocycles. The van der Waals surface area contributed by atoms with Gasteiger partial charge in [-0.25, -0.2) is 4.98 Å². The summed E-state index contributed by atoms with van der Waals surface area (Å²) in [5.41, 5.74) is 1.24. The van der Waals surface area contributed by atoms with E-state index in [4.69, 9.17) is 4.74 Å². The van der Waals surface area contributed by atoms with E-state index in [1.807, 2.05) is 18.3 Å².